The van der Waals surface area contributed by atoms with Gasteiger partial charge < -0.3 is 14.8 Å². The quantitative estimate of drug-likeness (QED) is 0.462. The summed E-state index contributed by atoms with van der Waals surface area (Å²) in [7, 11) is -2.20. The summed E-state index contributed by atoms with van der Waals surface area (Å²) >= 11 is 1.26. The van der Waals surface area contributed by atoms with E-state index in [1.54, 1.807) is 12.3 Å². The maximum absolute atomic E-state index is 12.9. The predicted molar refractivity (Wildman–Crippen MR) is 119 cm³/mol. The van der Waals surface area contributed by atoms with Crippen LogP contribution in [-0.4, -0.2) is 39.1 Å². The smallest absolute Gasteiger partial charge is 0.275 e. The number of benzene rings is 2. The lowest BCUT2D eigenvalue weighted by molar-refractivity contribution is 0.102. The first kappa shape index (κ1) is 23.8. The molecule has 1 amide bonds. The molecule has 1 heterocycles. The Morgan fingerprint density at radius 1 is 1.16 bits per heavy atom. The van der Waals surface area contributed by atoms with E-state index in [9.17, 15) is 17.6 Å². The van der Waals surface area contributed by atoms with E-state index in [0.29, 0.717) is 16.4 Å². The second-order valence-electron chi connectivity index (χ2n) is 6.83. The molecule has 2 N–H and O–H groups in total. The van der Waals surface area contributed by atoms with Crippen molar-refractivity contribution in [2.45, 2.75) is 24.5 Å². The molecule has 3 aromatic rings. The molecule has 0 aliphatic carbocycles. The van der Waals surface area contributed by atoms with Gasteiger partial charge in [0.05, 0.1) is 11.5 Å². The third-order valence-corrected chi connectivity index (χ3v) is 6.58. The van der Waals surface area contributed by atoms with Crippen LogP contribution < -0.4 is 14.8 Å². The van der Waals surface area contributed by atoms with Gasteiger partial charge in [-0.05, 0) is 55.5 Å². The highest BCUT2D eigenvalue weighted by atomic mass is 32.2. The Labute approximate surface area is 189 Å². The molecule has 0 fully saturated rings. The van der Waals surface area contributed by atoms with E-state index in [1.165, 1.54) is 67.0 Å². The molecule has 0 unspecified atom stereocenters. The maximum atomic E-state index is 12.9. The van der Waals surface area contributed by atoms with Crippen molar-refractivity contribution in [1.29, 1.82) is 0 Å². The van der Waals surface area contributed by atoms with E-state index in [0.717, 1.165) is 0 Å². The predicted octanol–water partition coefficient (Wildman–Crippen LogP) is 3.43. The van der Waals surface area contributed by atoms with Gasteiger partial charge in [0.2, 0.25) is 10.0 Å². The normalized spacial score (nSPS) is 12.3. The molecule has 0 bridgehead atoms. The Morgan fingerprint density at radius 2 is 1.84 bits per heavy atom. The van der Waals surface area contributed by atoms with E-state index in [1.807, 2.05) is 0 Å². The van der Waals surface area contributed by atoms with Crippen LogP contribution in [0.1, 0.15) is 22.4 Å². The van der Waals surface area contributed by atoms with Gasteiger partial charge in [-0.1, -0.05) is 0 Å². The van der Waals surface area contributed by atoms with E-state index >= 15 is 0 Å². The zero-order valence-corrected chi connectivity index (χ0v) is 19.0. The molecule has 0 aliphatic rings. The van der Waals surface area contributed by atoms with Gasteiger partial charge in [-0.2, -0.15) is 0 Å². The van der Waals surface area contributed by atoms with Gasteiger partial charge in [0.1, 0.15) is 28.9 Å². The molecule has 2 aromatic carbocycles. The number of thiazole rings is 1. The fraction of sp³-hybridized carbons (Fsp3) is 0.238. The minimum Gasteiger partial charge on any atom is -0.486 e. The van der Waals surface area contributed by atoms with Crippen LogP contribution in [0.3, 0.4) is 0 Å². The van der Waals surface area contributed by atoms with Crippen molar-refractivity contribution in [3.05, 3.63) is 70.4 Å². The lowest BCUT2D eigenvalue weighted by atomic mass is 10.3. The Hall–Kier alpha value is -2.86. The molecule has 1 aromatic heterocycles. The third kappa shape index (κ3) is 6.57. The number of amides is 1. The molecule has 32 heavy (non-hydrogen) atoms. The second kappa shape index (κ2) is 10.6. The van der Waals surface area contributed by atoms with Crippen molar-refractivity contribution >= 4 is 33.0 Å². The Bertz CT molecular complexity index is 1150. The number of carbonyl (C=O) groups excluding carboxylic acids is 1. The Morgan fingerprint density at radius 3 is 2.50 bits per heavy atom. The molecular formula is C21H22FN3O5S2. The number of nitrogens with zero attached hydrogens (tertiary/aromatic N) is 1. The zero-order chi connectivity index (χ0) is 23.1. The van der Waals surface area contributed by atoms with Gasteiger partial charge in [0.25, 0.3) is 5.91 Å². The van der Waals surface area contributed by atoms with Gasteiger partial charge >= 0.3 is 0 Å². The summed E-state index contributed by atoms with van der Waals surface area (Å²) in [6.45, 7) is 2.09. The summed E-state index contributed by atoms with van der Waals surface area (Å²) in [5.41, 5.74) is 0.635. The highest BCUT2D eigenvalue weighted by molar-refractivity contribution is 7.89. The van der Waals surface area contributed by atoms with Crippen LogP contribution in [0.2, 0.25) is 0 Å². The average molecular weight is 480 g/mol. The van der Waals surface area contributed by atoms with E-state index in [4.69, 9.17) is 9.47 Å². The van der Waals surface area contributed by atoms with Crippen LogP contribution in [0.15, 0.2) is 58.8 Å². The number of carbonyl (C=O) groups is 1. The molecule has 0 aliphatic heterocycles. The molecule has 11 heteroatoms. The number of aromatic nitrogens is 1. The third-order valence-electron chi connectivity index (χ3n) is 4.16. The topological polar surface area (TPSA) is 107 Å². The molecular weight excluding hydrogens is 457 g/mol. The summed E-state index contributed by atoms with van der Waals surface area (Å²) in [5, 5.41) is 4.86. The number of anilines is 1. The number of sulfonamides is 1. The van der Waals surface area contributed by atoms with Crippen molar-refractivity contribution in [1.82, 2.24) is 9.71 Å². The summed E-state index contributed by atoms with van der Waals surface area (Å²) in [4.78, 5) is 16.8. The monoisotopic (exact) mass is 479 g/mol. The number of methoxy groups -OCH3 is 1. The summed E-state index contributed by atoms with van der Waals surface area (Å²) < 4.78 is 50.6. The average Bonchev–Trinajstić information content (AvgIpc) is 3.23. The molecule has 0 saturated heterocycles. The number of hydrogen-bond donors (Lipinski definition) is 2. The number of ether oxygens (including phenoxy) is 2. The number of halogens is 1. The first-order valence-corrected chi connectivity index (χ1v) is 11.9. The highest BCUT2D eigenvalue weighted by Crippen LogP contribution is 2.18. The van der Waals surface area contributed by atoms with Gasteiger partial charge in [-0.15, -0.1) is 11.3 Å². The van der Waals surface area contributed by atoms with Crippen LogP contribution in [0, 0.1) is 5.82 Å². The van der Waals surface area contributed by atoms with Gasteiger partial charge in [-0.25, -0.2) is 22.5 Å². The van der Waals surface area contributed by atoms with Crippen LogP contribution >= 0.6 is 11.3 Å². The number of hydrogen-bond acceptors (Lipinski definition) is 7. The van der Waals surface area contributed by atoms with Crippen LogP contribution in [0.5, 0.6) is 5.75 Å². The summed E-state index contributed by atoms with van der Waals surface area (Å²) in [5.74, 6) is -0.293. The summed E-state index contributed by atoms with van der Waals surface area (Å²) in [6, 6.07) is 11.0. The first-order chi connectivity index (χ1) is 15.3. The SMILES string of the molecule is COC[C@@H](C)NS(=O)(=O)c1ccc(NC(=O)c2csc(COc3ccc(F)cc3)n2)cc1. The van der Waals surface area contributed by atoms with E-state index in [2.05, 4.69) is 15.0 Å². The lowest BCUT2D eigenvalue weighted by Gasteiger charge is -2.13. The van der Waals surface area contributed by atoms with Crippen LogP contribution in [0.25, 0.3) is 0 Å². The lowest BCUT2D eigenvalue weighted by Crippen LogP contribution is -2.35. The largest absolute Gasteiger partial charge is 0.486 e. The number of nitrogens with one attached hydrogen (secondary N) is 2. The summed E-state index contributed by atoms with van der Waals surface area (Å²) in [6.07, 6.45) is 0. The van der Waals surface area contributed by atoms with Gasteiger partial charge in [0, 0.05) is 24.2 Å². The fourth-order valence-electron chi connectivity index (χ4n) is 2.69. The van der Waals surface area contributed by atoms with Crippen molar-refractivity contribution in [2.75, 3.05) is 19.0 Å². The minimum atomic E-state index is -3.70. The minimum absolute atomic E-state index is 0.0762. The second-order valence-corrected chi connectivity index (χ2v) is 9.48. The molecule has 0 saturated carbocycles. The molecule has 170 valence electrons. The zero-order valence-electron chi connectivity index (χ0n) is 17.4. The Balaban J connectivity index is 1.57. The number of rotatable bonds is 10. The van der Waals surface area contributed by atoms with E-state index < -0.39 is 15.9 Å². The standard InChI is InChI=1S/C21H22FN3O5S2/c1-14(11-29-2)25-32(27,28)18-9-5-16(6-10-18)23-21(26)19-13-31-20(24-19)12-30-17-7-3-15(22)4-8-17/h3-10,13-14,25H,11-12H2,1-2H3,(H,23,26)/t14-/m1/s1. The van der Waals surface area contributed by atoms with E-state index in [-0.39, 0.29) is 35.7 Å². The van der Waals surface area contributed by atoms with Crippen LogP contribution in [-0.2, 0) is 21.4 Å². The van der Waals surface area contributed by atoms with Crippen molar-refractivity contribution in [3.63, 3.8) is 0 Å². The van der Waals surface area contributed by atoms with Crippen molar-refractivity contribution in [3.8, 4) is 5.75 Å². The molecule has 1 atom stereocenters. The van der Waals surface area contributed by atoms with Gasteiger partial charge in [-0.3, -0.25) is 4.79 Å². The first-order valence-electron chi connectivity index (χ1n) is 9.52. The molecule has 3 rings (SSSR count). The molecule has 0 spiro atoms. The van der Waals surface area contributed by atoms with Crippen molar-refractivity contribution < 1.29 is 27.1 Å². The maximum Gasteiger partial charge on any atom is 0.275 e. The highest BCUT2D eigenvalue weighted by Gasteiger charge is 2.18. The molecule has 8 nitrogen and oxygen atoms in total. The molecule has 0 radical (unpaired) electrons. The van der Waals surface area contributed by atoms with Gasteiger partial charge in [0.15, 0.2) is 0 Å². The van der Waals surface area contributed by atoms with Crippen LogP contribution in [0.4, 0.5) is 10.1 Å². The Kier molecular flexibility index (Phi) is 7.91. The van der Waals surface area contributed by atoms with Crippen molar-refractivity contribution in [2.24, 2.45) is 0 Å². The fourth-order valence-corrected chi connectivity index (χ4v) is 4.60.